The normalized spacial score (nSPS) is 9.54. The van der Waals surface area contributed by atoms with Crippen molar-refractivity contribution in [3.8, 4) is 0 Å². The molecule has 68 valence electrons. The zero-order valence-electron chi connectivity index (χ0n) is 6.18. The van der Waals surface area contributed by atoms with Gasteiger partial charge in [-0.1, -0.05) is 12.2 Å². The number of hydrogen-bond donors (Lipinski definition) is 2. The Morgan fingerprint density at radius 2 is 2.31 bits per heavy atom. The summed E-state index contributed by atoms with van der Waals surface area (Å²) >= 11 is 4.58. The van der Waals surface area contributed by atoms with Crippen molar-refractivity contribution in [3.63, 3.8) is 0 Å². The fraction of sp³-hybridized carbons (Fsp3) is 0. The van der Waals surface area contributed by atoms with Crippen molar-refractivity contribution in [2.24, 2.45) is 0 Å². The molecule has 0 saturated heterocycles. The fourth-order valence-electron chi connectivity index (χ4n) is 0.731. The third-order valence-electron chi connectivity index (χ3n) is 1.33. The molecule has 0 fully saturated rings. The van der Waals surface area contributed by atoms with E-state index in [1.54, 1.807) is 0 Å². The second kappa shape index (κ2) is 3.31. The largest absolute Gasteiger partial charge is 0.478 e. The van der Waals surface area contributed by atoms with Gasteiger partial charge in [0.25, 0.3) is 0 Å². The number of nitro groups is 1. The minimum absolute atomic E-state index is 0.0880. The van der Waals surface area contributed by atoms with Crippen LogP contribution in [0, 0.1) is 14.8 Å². The van der Waals surface area contributed by atoms with E-state index < -0.39 is 16.6 Å². The van der Waals surface area contributed by atoms with Crippen LogP contribution in [-0.2, 0) is 0 Å². The van der Waals surface area contributed by atoms with E-state index in [2.05, 4.69) is 17.2 Å². The van der Waals surface area contributed by atoms with E-state index in [1.807, 2.05) is 0 Å². The summed E-state index contributed by atoms with van der Waals surface area (Å²) in [7, 11) is 0. The van der Waals surface area contributed by atoms with Crippen LogP contribution >= 0.6 is 12.2 Å². The third kappa shape index (κ3) is 1.88. The molecule has 0 aromatic carbocycles. The number of carbonyl (C=O) groups is 1. The number of rotatable bonds is 2. The maximum absolute atomic E-state index is 10.4. The third-order valence-corrected chi connectivity index (χ3v) is 1.65. The lowest BCUT2D eigenvalue weighted by molar-refractivity contribution is -0.385. The maximum Gasteiger partial charge on any atom is 0.337 e. The van der Waals surface area contributed by atoms with Gasteiger partial charge in [-0.05, 0) is 0 Å². The van der Waals surface area contributed by atoms with Gasteiger partial charge in [0, 0.05) is 12.3 Å². The zero-order chi connectivity index (χ0) is 10.0. The van der Waals surface area contributed by atoms with Crippen molar-refractivity contribution >= 4 is 23.9 Å². The minimum atomic E-state index is -1.24. The number of hydrogen-bond acceptors (Lipinski definition) is 4. The van der Waals surface area contributed by atoms with Crippen LogP contribution in [0.15, 0.2) is 12.3 Å². The van der Waals surface area contributed by atoms with Crippen molar-refractivity contribution < 1.29 is 14.8 Å². The summed E-state index contributed by atoms with van der Waals surface area (Å²) in [6, 6.07) is 0.918. The standard InChI is InChI=1S/C6H4N2O4S/c9-6(10)3-1-4(8(11)12)5(13)7-2-3/h1-2H,(H,7,13)(H,9,10). The van der Waals surface area contributed by atoms with Gasteiger partial charge in [0.1, 0.15) is 0 Å². The summed E-state index contributed by atoms with van der Waals surface area (Å²) in [6.45, 7) is 0. The molecule has 1 heterocycles. The van der Waals surface area contributed by atoms with Crippen LogP contribution in [0.25, 0.3) is 0 Å². The van der Waals surface area contributed by atoms with Crippen LogP contribution in [-0.4, -0.2) is 21.0 Å². The first-order valence-electron chi connectivity index (χ1n) is 3.13. The summed E-state index contributed by atoms with van der Waals surface area (Å²) in [5.41, 5.74) is -0.602. The molecule has 0 saturated carbocycles. The molecule has 0 aliphatic rings. The summed E-state index contributed by atoms with van der Waals surface area (Å²) in [5.74, 6) is -1.24. The molecule has 2 N–H and O–H groups in total. The van der Waals surface area contributed by atoms with Gasteiger partial charge < -0.3 is 10.1 Å². The van der Waals surface area contributed by atoms with Crippen LogP contribution < -0.4 is 0 Å². The number of carboxylic acid groups (broad SMARTS) is 1. The Kier molecular flexibility index (Phi) is 2.38. The van der Waals surface area contributed by atoms with Crippen molar-refractivity contribution in [1.29, 1.82) is 0 Å². The van der Waals surface area contributed by atoms with Crippen molar-refractivity contribution in [2.75, 3.05) is 0 Å². The molecule has 1 aromatic heterocycles. The Hall–Kier alpha value is -1.76. The van der Waals surface area contributed by atoms with Gasteiger partial charge >= 0.3 is 11.7 Å². The molecular weight excluding hydrogens is 196 g/mol. The average molecular weight is 200 g/mol. The van der Waals surface area contributed by atoms with E-state index >= 15 is 0 Å². The number of aromatic amines is 1. The molecule has 0 aliphatic carbocycles. The predicted octanol–water partition coefficient (Wildman–Crippen LogP) is 1.35. The average Bonchev–Trinajstić information content (AvgIpc) is 2.04. The first-order chi connectivity index (χ1) is 6.02. The zero-order valence-corrected chi connectivity index (χ0v) is 7.00. The quantitative estimate of drug-likeness (QED) is 0.426. The Morgan fingerprint density at radius 1 is 1.69 bits per heavy atom. The number of pyridine rings is 1. The molecule has 1 aromatic rings. The van der Waals surface area contributed by atoms with Gasteiger partial charge in [0.2, 0.25) is 0 Å². The van der Waals surface area contributed by atoms with Gasteiger partial charge in [-0.25, -0.2) is 4.79 Å². The molecule has 0 unspecified atom stereocenters. The number of aromatic nitrogens is 1. The number of nitrogens with one attached hydrogen (secondary N) is 1. The van der Waals surface area contributed by atoms with E-state index in [1.165, 1.54) is 0 Å². The first kappa shape index (κ1) is 9.33. The van der Waals surface area contributed by atoms with E-state index in [9.17, 15) is 14.9 Å². The highest BCUT2D eigenvalue weighted by molar-refractivity contribution is 7.71. The Morgan fingerprint density at radius 3 is 2.77 bits per heavy atom. The van der Waals surface area contributed by atoms with E-state index in [0.717, 1.165) is 12.3 Å². The van der Waals surface area contributed by atoms with E-state index in [0.29, 0.717) is 0 Å². The fourth-order valence-corrected chi connectivity index (χ4v) is 0.923. The van der Waals surface area contributed by atoms with Crippen LogP contribution in [0.1, 0.15) is 10.4 Å². The van der Waals surface area contributed by atoms with E-state index in [-0.39, 0.29) is 10.2 Å². The van der Waals surface area contributed by atoms with Crippen molar-refractivity contribution in [1.82, 2.24) is 4.98 Å². The molecule has 0 bridgehead atoms. The number of carboxylic acids is 1. The lowest BCUT2D eigenvalue weighted by Crippen LogP contribution is -1.99. The second-order valence-corrected chi connectivity index (χ2v) is 2.57. The lowest BCUT2D eigenvalue weighted by Gasteiger charge is -1.94. The lowest BCUT2D eigenvalue weighted by atomic mass is 10.3. The second-order valence-electron chi connectivity index (χ2n) is 2.16. The van der Waals surface area contributed by atoms with Crippen molar-refractivity contribution in [3.05, 3.63) is 32.6 Å². The monoisotopic (exact) mass is 200 g/mol. The van der Waals surface area contributed by atoms with Gasteiger partial charge in [-0.2, -0.15) is 0 Å². The van der Waals surface area contributed by atoms with Crippen LogP contribution in [0.2, 0.25) is 0 Å². The number of aromatic carboxylic acids is 1. The molecule has 0 radical (unpaired) electrons. The highest BCUT2D eigenvalue weighted by atomic mass is 32.1. The highest BCUT2D eigenvalue weighted by Gasteiger charge is 2.12. The molecule has 0 amide bonds. The van der Waals surface area contributed by atoms with Gasteiger partial charge in [-0.3, -0.25) is 10.1 Å². The minimum Gasteiger partial charge on any atom is -0.478 e. The topological polar surface area (TPSA) is 96.2 Å². The molecule has 0 spiro atoms. The molecule has 6 nitrogen and oxygen atoms in total. The molecule has 0 atom stereocenters. The van der Waals surface area contributed by atoms with E-state index in [4.69, 9.17) is 5.11 Å². The summed E-state index contributed by atoms with van der Waals surface area (Å²) in [6.07, 6.45) is 1.11. The molecule has 7 heteroatoms. The van der Waals surface area contributed by atoms with Gasteiger partial charge in [0.15, 0.2) is 4.64 Å². The molecule has 0 aliphatic heterocycles. The smallest absolute Gasteiger partial charge is 0.337 e. The van der Waals surface area contributed by atoms with Gasteiger partial charge in [0.05, 0.1) is 10.5 Å². The Labute approximate surface area is 77.0 Å². The molecule has 13 heavy (non-hydrogen) atoms. The summed E-state index contributed by atoms with van der Waals surface area (Å²) in [5, 5.41) is 18.8. The highest BCUT2D eigenvalue weighted by Crippen LogP contribution is 2.13. The van der Waals surface area contributed by atoms with Crippen molar-refractivity contribution in [2.45, 2.75) is 0 Å². The number of H-pyrrole nitrogens is 1. The SMILES string of the molecule is O=C(O)c1c[nH]c(=S)c([N+](=O)[O-])c1. The maximum atomic E-state index is 10.4. The molecule has 1 rings (SSSR count). The summed E-state index contributed by atoms with van der Waals surface area (Å²) in [4.78, 5) is 22.3. The Balaban J connectivity index is 3.35. The van der Waals surface area contributed by atoms with Crippen LogP contribution in [0.5, 0.6) is 0 Å². The molecular formula is C6H4N2O4S. The Bertz CT molecular complexity index is 425. The number of nitrogens with zero attached hydrogens (tertiary/aromatic N) is 1. The van der Waals surface area contributed by atoms with Gasteiger partial charge in [-0.15, -0.1) is 0 Å². The van der Waals surface area contributed by atoms with Crippen LogP contribution in [0.4, 0.5) is 5.69 Å². The summed E-state index contributed by atoms with van der Waals surface area (Å²) < 4.78 is -0.0880. The van der Waals surface area contributed by atoms with Crippen LogP contribution in [0.3, 0.4) is 0 Å². The first-order valence-corrected chi connectivity index (χ1v) is 3.53. The predicted molar refractivity (Wildman–Crippen MR) is 45.2 cm³/mol.